The topological polar surface area (TPSA) is 94.2 Å². The molecule has 1 N–H and O–H groups in total. The third-order valence-corrected chi connectivity index (χ3v) is 8.95. The van der Waals surface area contributed by atoms with Crippen LogP contribution in [0.25, 0.3) is 0 Å². The zero-order valence-electron chi connectivity index (χ0n) is 32.1. The molecule has 8 heteroatoms. The van der Waals surface area contributed by atoms with Crippen molar-refractivity contribution in [2.24, 2.45) is 0 Å². The second kappa shape index (κ2) is 36.5. The monoisotopic (exact) mass is 683 g/mol. The minimum Gasteiger partial charge on any atom is -0.463 e. The van der Waals surface area contributed by atoms with Crippen LogP contribution in [-0.2, 0) is 23.8 Å². The molecule has 1 amide bonds. The molecular weight excluding hydrogens is 604 g/mol. The molecule has 0 spiro atoms. The number of hydrogen-bond acceptors (Lipinski definition) is 7. The fraction of sp³-hybridized carbons (Fsp3) is 0.925. The van der Waals surface area contributed by atoms with Crippen molar-refractivity contribution in [2.75, 3.05) is 40.5 Å². The van der Waals surface area contributed by atoms with Gasteiger partial charge in [-0.2, -0.15) is 0 Å². The number of amides is 1. The summed E-state index contributed by atoms with van der Waals surface area (Å²) < 4.78 is 16.2. The summed E-state index contributed by atoms with van der Waals surface area (Å²) >= 11 is 0. The van der Waals surface area contributed by atoms with Crippen LogP contribution >= 0.6 is 0 Å². The van der Waals surface area contributed by atoms with Crippen molar-refractivity contribution in [1.82, 2.24) is 10.2 Å². The largest absolute Gasteiger partial charge is 0.463 e. The number of ether oxygens (including phenoxy) is 3. The molecule has 0 radical (unpaired) electrons. The van der Waals surface area contributed by atoms with Gasteiger partial charge in [-0.25, -0.2) is 4.79 Å². The summed E-state index contributed by atoms with van der Waals surface area (Å²) in [7, 11) is 3.80. The molecular formula is C40H78N2O6. The molecule has 0 saturated carbocycles. The summed E-state index contributed by atoms with van der Waals surface area (Å²) in [6, 6.07) is -0.650. The Morgan fingerprint density at radius 1 is 0.479 bits per heavy atom. The van der Waals surface area contributed by atoms with E-state index in [4.69, 9.17) is 14.2 Å². The molecule has 0 aromatic rings. The van der Waals surface area contributed by atoms with Gasteiger partial charge in [0.15, 0.2) is 0 Å². The molecule has 0 bridgehead atoms. The highest BCUT2D eigenvalue weighted by Crippen LogP contribution is 2.14. The van der Waals surface area contributed by atoms with E-state index < -0.39 is 12.1 Å². The van der Waals surface area contributed by atoms with E-state index in [1.807, 2.05) is 19.0 Å². The number of likely N-dealkylation sites (N-methyl/N-ethyl adjacent to an activating group) is 1. The van der Waals surface area contributed by atoms with E-state index in [2.05, 4.69) is 19.2 Å². The summed E-state index contributed by atoms with van der Waals surface area (Å²) in [5.41, 5.74) is 0. The predicted molar refractivity (Wildman–Crippen MR) is 199 cm³/mol. The molecule has 0 aliphatic heterocycles. The first-order chi connectivity index (χ1) is 23.4. The summed E-state index contributed by atoms with van der Waals surface area (Å²) in [4.78, 5) is 39.0. The van der Waals surface area contributed by atoms with E-state index in [-0.39, 0.29) is 31.8 Å². The Balaban J connectivity index is 4.13. The van der Waals surface area contributed by atoms with Gasteiger partial charge in [0.1, 0.15) is 25.9 Å². The van der Waals surface area contributed by atoms with Crippen molar-refractivity contribution >= 4 is 18.0 Å². The Kier molecular flexibility index (Phi) is 35.1. The number of nitrogens with one attached hydrogen (secondary N) is 1. The minimum absolute atomic E-state index is 0.0495. The summed E-state index contributed by atoms with van der Waals surface area (Å²) in [6.07, 6.45) is 32.6. The highest BCUT2D eigenvalue weighted by atomic mass is 16.6. The maximum atomic E-state index is 12.4. The molecule has 0 aliphatic carbocycles. The standard InChI is InChI=1S/C40H78N2O6/c1-5-7-9-11-13-15-17-19-21-23-25-27-29-31-38(43)47-35-37(41-40(45)46-34-33-42(3)4)36-48-39(44)32-30-28-26-24-22-20-18-16-14-12-10-8-6-2/h37H,5-36H2,1-4H3,(H,41,45). The number of esters is 2. The number of unbranched alkanes of at least 4 members (excludes halogenated alkanes) is 24. The molecule has 0 aromatic heterocycles. The van der Waals surface area contributed by atoms with Crippen molar-refractivity contribution in [3.63, 3.8) is 0 Å². The fourth-order valence-electron chi connectivity index (χ4n) is 5.77. The van der Waals surface area contributed by atoms with Crippen LogP contribution in [0.4, 0.5) is 4.79 Å². The highest BCUT2D eigenvalue weighted by molar-refractivity contribution is 5.70. The van der Waals surface area contributed by atoms with Crippen LogP contribution in [0.15, 0.2) is 0 Å². The predicted octanol–water partition coefficient (Wildman–Crippen LogP) is 10.7. The quantitative estimate of drug-likeness (QED) is 0.0399. The average Bonchev–Trinajstić information content (AvgIpc) is 3.06. The fourth-order valence-corrected chi connectivity index (χ4v) is 5.77. The molecule has 0 heterocycles. The van der Waals surface area contributed by atoms with Crippen molar-refractivity contribution in [1.29, 1.82) is 0 Å². The molecule has 0 rings (SSSR count). The highest BCUT2D eigenvalue weighted by Gasteiger charge is 2.18. The van der Waals surface area contributed by atoms with Crippen LogP contribution in [0.3, 0.4) is 0 Å². The summed E-state index contributed by atoms with van der Waals surface area (Å²) in [6.45, 7) is 5.25. The second-order valence-electron chi connectivity index (χ2n) is 14.1. The van der Waals surface area contributed by atoms with E-state index in [0.717, 1.165) is 38.5 Å². The maximum absolute atomic E-state index is 12.4. The van der Waals surface area contributed by atoms with Gasteiger partial charge in [0.25, 0.3) is 0 Å². The van der Waals surface area contributed by atoms with Crippen LogP contribution in [0.1, 0.15) is 194 Å². The van der Waals surface area contributed by atoms with Crippen molar-refractivity contribution in [3.8, 4) is 0 Å². The molecule has 0 atom stereocenters. The SMILES string of the molecule is CCCCCCCCCCCCCCCC(=O)OCC(COC(=O)CCCCCCCCCCCCCCC)NC(=O)OCCN(C)C. The first-order valence-electron chi connectivity index (χ1n) is 20.3. The Bertz CT molecular complexity index is 687. The number of hydrogen-bond donors (Lipinski definition) is 1. The molecule has 0 aromatic carbocycles. The number of carbonyl (C=O) groups excluding carboxylic acids is 3. The Morgan fingerprint density at radius 3 is 1.10 bits per heavy atom. The van der Waals surface area contributed by atoms with Crippen molar-refractivity contribution in [3.05, 3.63) is 0 Å². The van der Waals surface area contributed by atoms with Crippen LogP contribution < -0.4 is 5.32 Å². The van der Waals surface area contributed by atoms with Gasteiger partial charge in [-0.15, -0.1) is 0 Å². The van der Waals surface area contributed by atoms with Gasteiger partial charge in [-0.3, -0.25) is 9.59 Å². The molecule has 284 valence electrons. The lowest BCUT2D eigenvalue weighted by molar-refractivity contribution is -0.147. The zero-order valence-corrected chi connectivity index (χ0v) is 32.1. The van der Waals surface area contributed by atoms with Crippen LogP contribution in [0, 0.1) is 0 Å². The third kappa shape index (κ3) is 35.5. The van der Waals surface area contributed by atoms with Gasteiger partial charge < -0.3 is 24.4 Å². The lowest BCUT2D eigenvalue weighted by atomic mass is 10.0. The van der Waals surface area contributed by atoms with E-state index >= 15 is 0 Å². The molecule has 48 heavy (non-hydrogen) atoms. The zero-order chi connectivity index (χ0) is 35.3. The summed E-state index contributed by atoms with van der Waals surface area (Å²) in [5.74, 6) is -0.576. The van der Waals surface area contributed by atoms with Gasteiger partial charge in [-0.05, 0) is 26.9 Å². The number of nitrogens with zero attached hydrogens (tertiary/aromatic N) is 1. The third-order valence-electron chi connectivity index (χ3n) is 8.95. The smallest absolute Gasteiger partial charge is 0.407 e. The Hall–Kier alpha value is -1.83. The van der Waals surface area contributed by atoms with Crippen molar-refractivity contribution in [2.45, 2.75) is 200 Å². The molecule has 0 unspecified atom stereocenters. The molecule has 8 nitrogen and oxygen atoms in total. The molecule has 0 aliphatic rings. The van der Waals surface area contributed by atoms with Crippen LogP contribution in [0.2, 0.25) is 0 Å². The first kappa shape index (κ1) is 46.2. The molecule has 0 saturated heterocycles. The first-order valence-corrected chi connectivity index (χ1v) is 20.3. The number of alkyl carbamates (subject to hydrolysis) is 1. The van der Waals surface area contributed by atoms with Gasteiger partial charge in [0.2, 0.25) is 0 Å². The number of rotatable bonds is 36. The normalized spacial score (nSPS) is 11.3. The lowest BCUT2D eigenvalue weighted by Crippen LogP contribution is -2.43. The van der Waals surface area contributed by atoms with Gasteiger partial charge in [-0.1, -0.05) is 168 Å². The molecule has 0 fully saturated rings. The van der Waals surface area contributed by atoms with E-state index in [9.17, 15) is 14.4 Å². The van der Waals surface area contributed by atoms with E-state index in [1.54, 1.807) is 0 Å². The minimum atomic E-state index is -0.650. The van der Waals surface area contributed by atoms with Crippen LogP contribution in [-0.4, -0.2) is 69.4 Å². The van der Waals surface area contributed by atoms with Crippen molar-refractivity contribution < 1.29 is 28.6 Å². The second-order valence-corrected chi connectivity index (χ2v) is 14.1. The van der Waals surface area contributed by atoms with E-state index in [1.165, 1.54) is 128 Å². The van der Waals surface area contributed by atoms with Crippen LogP contribution in [0.5, 0.6) is 0 Å². The van der Waals surface area contributed by atoms with Gasteiger partial charge >= 0.3 is 18.0 Å². The average molecular weight is 683 g/mol. The number of carbonyl (C=O) groups is 3. The van der Waals surface area contributed by atoms with E-state index in [0.29, 0.717) is 19.4 Å². The Labute approximate surface area is 296 Å². The lowest BCUT2D eigenvalue weighted by Gasteiger charge is -2.19. The summed E-state index contributed by atoms with van der Waals surface area (Å²) in [5, 5.41) is 2.70. The Morgan fingerprint density at radius 2 is 0.792 bits per heavy atom. The maximum Gasteiger partial charge on any atom is 0.407 e. The van der Waals surface area contributed by atoms with Gasteiger partial charge in [0.05, 0.1) is 0 Å². The van der Waals surface area contributed by atoms with Gasteiger partial charge in [0, 0.05) is 19.4 Å².